The van der Waals surface area contributed by atoms with Crippen LogP contribution < -0.4 is 0 Å². The highest BCUT2D eigenvalue weighted by Gasteiger charge is 2.01. The van der Waals surface area contributed by atoms with Gasteiger partial charge in [-0.25, -0.2) is 4.98 Å². The van der Waals surface area contributed by atoms with Crippen molar-refractivity contribution in [1.29, 1.82) is 0 Å². The second-order valence-corrected chi connectivity index (χ2v) is 3.07. The molecule has 3 nitrogen and oxygen atoms in total. The average Bonchev–Trinajstić information content (AvgIpc) is 2.68. The Morgan fingerprint density at radius 3 is 2.79 bits per heavy atom. The summed E-state index contributed by atoms with van der Waals surface area (Å²) < 4.78 is 0. The highest BCUT2D eigenvalue weighted by molar-refractivity contribution is 5.57. The number of aromatic amines is 1. The topological polar surface area (TPSA) is 41.6 Å². The number of hydrogen-bond acceptors (Lipinski definition) is 2. The van der Waals surface area contributed by atoms with Gasteiger partial charge in [-0.15, -0.1) is 0 Å². The molecule has 0 atom stereocenters. The van der Waals surface area contributed by atoms with Crippen LogP contribution in [0.1, 0.15) is 12.2 Å². The lowest BCUT2D eigenvalue weighted by molar-refractivity contribution is 0.909. The van der Waals surface area contributed by atoms with Gasteiger partial charge in [0, 0.05) is 30.6 Å². The van der Waals surface area contributed by atoms with E-state index in [-0.39, 0.29) is 0 Å². The van der Waals surface area contributed by atoms with Crippen molar-refractivity contribution in [3.05, 3.63) is 43.5 Å². The first-order valence-corrected chi connectivity index (χ1v) is 4.64. The van der Waals surface area contributed by atoms with Crippen LogP contribution in [-0.2, 0) is 6.42 Å². The van der Waals surface area contributed by atoms with Gasteiger partial charge in [0.05, 0.1) is 5.69 Å². The molecule has 0 aliphatic heterocycles. The van der Waals surface area contributed by atoms with Crippen molar-refractivity contribution < 1.29 is 0 Å². The fourth-order valence-electron chi connectivity index (χ4n) is 1.33. The van der Waals surface area contributed by atoms with Gasteiger partial charge >= 0.3 is 0 Å². The molecular weight excluding hydrogens is 174 g/mol. The molecule has 0 aliphatic carbocycles. The summed E-state index contributed by atoms with van der Waals surface area (Å²) in [7, 11) is 0. The molecule has 2 rings (SSSR count). The molecule has 2 heterocycles. The van der Waals surface area contributed by atoms with Gasteiger partial charge in [-0.1, -0.05) is 6.92 Å². The first-order chi connectivity index (χ1) is 6.90. The maximum atomic E-state index is 4.45. The van der Waals surface area contributed by atoms with E-state index in [1.807, 2.05) is 18.3 Å². The Morgan fingerprint density at radius 1 is 1.29 bits per heavy atom. The van der Waals surface area contributed by atoms with Crippen LogP contribution in [0.3, 0.4) is 0 Å². The Kier molecular flexibility index (Phi) is 2.58. The number of aryl methyl sites for hydroxylation is 1. The summed E-state index contributed by atoms with van der Waals surface area (Å²) in [6.07, 6.45) is 7.21. The third kappa shape index (κ3) is 1.82. The van der Waals surface area contributed by atoms with E-state index in [0.717, 1.165) is 29.9 Å². The Morgan fingerprint density at radius 2 is 2.07 bits per heavy atom. The molecule has 0 saturated heterocycles. The van der Waals surface area contributed by atoms with E-state index in [4.69, 9.17) is 0 Å². The smallest absolute Gasteiger partial charge is 0.106 e. The van der Waals surface area contributed by atoms with Gasteiger partial charge in [0.2, 0.25) is 0 Å². The number of aromatic nitrogens is 3. The number of hydrogen-bond donors (Lipinski definition) is 1. The lowest BCUT2D eigenvalue weighted by atomic mass is 10.2. The van der Waals surface area contributed by atoms with Crippen molar-refractivity contribution in [1.82, 2.24) is 15.0 Å². The Labute approximate surface area is 83.2 Å². The largest absolute Gasteiger partial charge is 0.348 e. The van der Waals surface area contributed by atoms with Gasteiger partial charge in [-0.3, -0.25) is 4.98 Å². The van der Waals surface area contributed by atoms with E-state index in [1.54, 1.807) is 12.4 Å². The molecule has 0 aliphatic rings. The lowest BCUT2D eigenvalue weighted by Gasteiger charge is -1.93. The van der Waals surface area contributed by atoms with Gasteiger partial charge in [-0.05, 0) is 18.6 Å². The second-order valence-electron chi connectivity index (χ2n) is 3.07. The number of pyridine rings is 1. The predicted octanol–water partition coefficient (Wildman–Crippen LogP) is 2.24. The monoisotopic (exact) mass is 186 g/mol. The van der Waals surface area contributed by atoms with Crippen molar-refractivity contribution >= 4 is 0 Å². The summed E-state index contributed by atoms with van der Waals surface area (Å²) >= 11 is 0. The van der Waals surface area contributed by atoms with Crippen LogP contribution in [0.25, 0.3) is 11.3 Å². The van der Waals surface area contributed by atoms with Gasteiger partial charge < -0.3 is 4.98 Å². The minimum Gasteiger partial charge on any atom is -0.348 e. The summed E-state index contributed by atoms with van der Waals surface area (Å²) in [5.41, 5.74) is 2.06. The molecule has 2 aromatic heterocycles. The minimum absolute atomic E-state index is 0.864. The zero-order valence-electron chi connectivity index (χ0n) is 7.90. The van der Waals surface area contributed by atoms with Crippen LogP contribution in [-0.4, -0.2) is 15.0 Å². The Balaban J connectivity index is 2.25. The van der Waals surface area contributed by atoms with Gasteiger partial charge in [0.25, 0.3) is 0 Å². The van der Waals surface area contributed by atoms with Crippen LogP contribution >= 0.6 is 0 Å². The lowest BCUT2D eigenvalue weighted by Crippen LogP contribution is -1.85. The molecular formula is C11H12N3. The number of nitrogens with one attached hydrogen (secondary N) is 1. The van der Waals surface area contributed by atoms with E-state index < -0.39 is 0 Å². The molecule has 2 aromatic rings. The molecule has 0 unspecified atom stereocenters. The molecule has 0 saturated carbocycles. The molecule has 3 heteroatoms. The first-order valence-electron chi connectivity index (χ1n) is 4.64. The van der Waals surface area contributed by atoms with E-state index in [9.17, 15) is 0 Å². The average molecular weight is 186 g/mol. The third-order valence-corrected chi connectivity index (χ3v) is 2.02. The van der Waals surface area contributed by atoms with E-state index in [2.05, 4.69) is 21.9 Å². The predicted molar refractivity (Wildman–Crippen MR) is 55.5 cm³/mol. The minimum atomic E-state index is 0.864. The highest BCUT2D eigenvalue weighted by Crippen LogP contribution is 2.15. The zero-order valence-corrected chi connectivity index (χ0v) is 7.90. The Bertz CT molecular complexity index is 392. The molecule has 0 aromatic carbocycles. The summed E-state index contributed by atoms with van der Waals surface area (Å²) in [5.74, 6) is 0.992. The normalized spacial score (nSPS) is 10.4. The quantitative estimate of drug-likeness (QED) is 0.798. The first kappa shape index (κ1) is 8.94. The van der Waals surface area contributed by atoms with Crippen LogP contribution in [0.15, 0.2) is 30.7 Å². The van der Waals surface area contributed by atoms with E-state index >= 15 is 0 Å². The van der Waals surface area contributed by atoms with Crippen molar-refractivity contribution in [3.63, 3.8) is 0 Å². The summed E-state index contributed by atoms with van der Waals surface area (Å²) in [4.78, 5) is 11.5. The van der Waals surface area contributed by atoms with Crippen molar-refractivity contribution in [2.45, 2.75) is 12.8 Å². The molecule has 14 heavy (non-hydrogen) atoms. The molecule has 71 valence electrons. The van der Waals surface area contributed by atoms with Crippen LogP contribution in [0.2, 0.25) is 0 Å². The van der Waals surface area contributed by atoms with Crippen molar-refractivity contribution in [3.8, 4) is 11.3 Å². The summed E-state index contributed by atoms with van der Waals surface area (Å²) in [5, 5.41) is 0. The fourth-order valence-corrected chi connectivity index (χ4v) is 1.33. The molecule has 0 fully saturated rings. The second kappa shape index (κ2) is 4.05. The summed E-state index contributed by atoms with van der Waals surface area (Å²) in [6.45, 7) is 3.79. The molecule has 0 spiro atoms. The van der Waals surface area contributed by atoms with Gasteiger partial charge in [0.1, 0.15) is 5.82 Å². The molecule has 0 amide bonds. The maximum Gasteiger partial charge on any atom is 0.106 e. The SMILES string of the molecule is [CH2]CCc1nc(-c2ccncc2)c[nH]1. The zero-order chi connectivity index (χ0) is 9.80. The van der Waals surface area contributed by atoms with Crippen LogP contribution in [0, 0.1) is 6.92 Å². The van der Waals surface area contributed by atoms with Gasteiger partial charge in [0.15, 0.2) is 0 Å². The van der Waals surface area contributed by atoms with Crippen molar-refractivity contribution in [2.75, 3.05) is 0 Å². The highest BCUT2D eigenvalue weighted by atomic mass is 14.9. The molecule has 0 bridgehead atoms. The summed E-state index contributed by atoms with van der Waals surface area (Å²) in [6, 6.07) is 3.90. The maximum absolute atomic E-state index is 4.45. The van der Waals surface area contributed by atoms with Crippen LogP contribution in [0.5, 0.6) is 0 Å². The number of nitrogens with zero attached hydrogens (tertiary/aromatic N) is 2. The standard InChI is InChI=1S/C11H12N3/c1-2-3-11-13-8-10(14-11)9-4-6-12-7-5-9/h4-8H,1-3H2,(H,13,14). The van der Waals surface area contributed by atoms with E-state index in [0.29, 0.717) is 0 Å². The van der Waals surface area contributed by atoms with E-state index in [1.165, 1.54) is 0 Å². The molecule has 1 radical (unpaired) electrons. The molecule has 1 N–H and O–H groups in total. The number of rotatable bonds is 3. The Hall–Kier alpha value is -1.64. The third-order valence-electron chi connectivity index (χ3n) is 2.02. The van der Waals surface area contributed by atoms with Crippen LogP contribution in [0.4, 0.5) is 0 Å². The van der Waals surface area contributed by atoms with Crippen molar-refractivity contribution in [2.24, 2.45) is 0 Å². The fraction of sp³-hybridized carbons (Fsp3) is 0.182. The van der Waals surface area contributed by atoms with Gasteiger partial charge in [-0.2, -0.15) is 0 Å². The number of imidazole rings is 1. The number of H-pyrrole nitrogens is 1.